The number of rotatable bonds is 5. The van der Waals surface area contributed by atoms with Gasteiger partial charge in [-0.2, -0.15) is 0 Å². The van der Waals surface area contributed by atoms with Crippen LogP contribution in [0, 0.1) is 11.3 Å². The van der Waals surface area contributed by atoms with Gasteiger partial charge in [0.05, 0.1) is 6.10 Å². The largest absolute Gasteiger partial charge is 0.393 e. The highest BCUT2D eigenvalue weighted by Crippen LogP contribution is 2.29. The zero-order chi connectivity index (χ0) is 13.8. The van der Waals surface area contributed by atoms with Crippen molar-refractivity contribution < 1.29 is 5.11 Å². The lowest BCUT2D eigenvalue weighted by molar-refractivity contribution is 0.110. The Morgan fingerprint density at radius 1 is 1.06 bits per heavy atom. The van der Waals surface area contributed by atoms with Gasteiger partial charge in [-0.3, -0.25) is 0 Å². The summed E-state index contributed by atoms with van der Waals surface area (Å²) in [5.74, 6) is 0.530. The third kappa shape index (κ3) is 4.81. The van der Waals surface area contributed by atoms with E-state index in [-0.39, 0.29) is 11.5 Å². The predicted octanol–water partition coefficient (Wildman–Crippen LogP) is 4.22. The smallest absolute Gasteiger partial charge is 0.0583 e. The number of aliphatic hydroxyl groups excluding tert-OH is 1. The van der Waals surface area contributed by atoms with Gasteiger partial charge in [0.15, 0.2) is 0 Å². The maximum Gasteiger partial charge on any atom is 0.0583 e. The number of hydrogen-bond acceptors (Lipinski definition) is 1. The first-order valence-corrected chi connectivity index (χ1v) is 7.08. The Labute approximate surface area is 112 Å². The van der Waals surface area contributed by atoms with Gasteiger partial charge in [-0.05, 0) is 41.7 Å². The average molecular weight is 248 g/mol. The third-order valence-corrected chi connectivity index (χ3v) is 4.01. The molecule has 1 N–H and O–H groups in total. The van der Waals surface area contributed by atoms with E-state index in [1.54, 1.807) is 0 Å². The van der Waals surface area contributed by atoms with Crippen LogP contribution < -0.4 is 0 Å². The van der Waals surface area contributed by atoms with E-state index in [1.807, 2.05) is 0 Å². The molecule has 0 aromatic heterocycles. The van der Waals surface area contributed by atoms with Gasteiger partial charge in [0, 0.05) is 0 Å². The van der Waals surface area contributed by atoms with Crippen molar-refractivity contribution in [3.63, 3.8) is 0 Å². The SMILES string of the molecule is CCc1ccc(CC(O)CC(C)C(C)(C)C)cc1. The lowest BCUT2D eigenvalue weighted by atomic mass is 9.78. The molecule has 0 aliphatic rings. The Balaban J connectivity index is 2.51. The van der Waals surface area contributed by atoms with Crippen molar-refractivity contribution in [2.24, 2.45) is 11.3 Å². The van der Waals surface area contributed by atoms with E-state index in [1.165, 1.54) is 11.1 Å². The molecule has 18 heavy (non-hydrogen) atoms. The van der Waals surface area contributed by atoms with Gasteiger partial charge < -0.3 is 5.11 Å². The third-order valence-electron chi connectivity index (χ3n) is 4.01. The van der Waals surface area contributed by atoms with Crippen LogP contribution in [-0.2, 0) is 12.8 Å². The molecule has 0 spiro atoms. The Kier molecular flexibility index (Phi) is 5.40. The molecule has 1 nitrogen and oxygen atoms in total. The van der Waals surface area contributed by atoms with Crippen molar-refractivity contribution in [1.29, 1.82) is 0 Å². The van der Waals surface area contributed by atoms with Crippen molar-refractivity contribution in [3.05, 3.63) is 35.4 Å². The summed E-state index contributed by atoms with van der Waals surface area (Å²) < 4.78 is 0. The maximum absolute atomic E-state index is 10.2. The van der Waals surface area contributed by atoms with Crippen molar-refractivity contribution in [2.45, 2.75) is 60.0 Å². The van der Waals surface area contributed by atoms with E-state index in [9.17, 15) is 5.11 Å². The zero-order valence-electron chi connectivity index (χ0n) is 12.5. The summed E-state index contributed by atoms with van der Waals surface area (Å²) in [5.41, 5.74) is 2.87. The first-order chi connectivity index (χ1) is 8.32. The molecule has 0 amide bonds. The Bertz CT molecular complexity index is 345. The lowest BCUT2D eigenvalue weighted by Gasteiger charge is -2.29. The molecule has 0 fully saturated rings. The molecule has 0 saturated heterocycles. The first kappa shape index (κ1) is 15.2. The summed E-state index contributed by atoms with van der Waals surface area (Å²) in [7, 11) is 0. The van der Waals surface area contributed by atoms with Crippen LogP contribution in [0.3, 0.4) is 0 Å². The molecule has 0 aliphatic heterocycles. The van der Waals surface area contributed by atoms with Gasteiger partial charge in [-0.25, -0.2) is 0 Å². The van der Waals surface area contributed by atoms with Crippen LogP contribution in [-0.4, -0.2) is 11.2 Å². The summed E-state index contributed by atoms with van der Waals surface area (Å²) in [5, 5.41) is 10.2. The van der Waals surface area contributed by atoms with Gasteiger partial charge in [-0.1, -0.05) is 58.9 Å². The molecule has 1 aromatic carbocycles. The fourth-order valence-electron chi connectivity index (χ4n) is 2.03. The predicted molar refractivity (Wildman–Crippen MR) is 78.8 cm³/mol. The molecule has 0 saturated carbocycles. The van der Waals surface area contributed by atoms with E-state index in [2.05, 4.69) is 58.9 Å². The molecule has 2 unspecified atom stereocenters. The number of aryl methyl sites for hydroxylation is 1. The summed E-state index contributed by atoms with van der Waals surface area (Å²) in [4.78, 5) is 0. The van der Waals surface area contributed by atoms with Crippen molar-refractivity contribution in [2.75, 3.05) is 0 Å². The Morgan fingerprint density at radius 3 is 2.00 bits per heavy atom. The van der Waals surface area contributed by atoms with Crippen LogP contribution in [0.1, 0.15) is 52.2 Å². The highest BCUT2D eigenvalue weighted by molar-refractivity contribution is 5.22. The molecule has 1 aromatic rings. The standard InChI is InChI=1S/C17H28O/c1-6-14-7-9-15(10-8-14)12-16(18)11-13(2)17(3,4)5/h7-10,13,16,18H,6,11-12H2,1-5H3. The van der Waals surface area contributed by atoms with E-state index < -0.39 is 0 Å². The number of benzene rings is 1. The van der Waals surface area contributed by atoms with Crippen LogP contribution in [0.5, 0.6) is 0 Å². The highest BCUT2D eigenvalue weighted by atomic mass is 16.3. The molecular formula is C17H28O. The van der Waals surface area contributed by atoms with Gasteiger partial charge in [0.2, 0.25) is 0 Å². The molecule has 0 heterocycles. The molecular weight excluding hydrogens is 220 g/mol. The van der Waals surface area contributed by atoms with Gasteiger partial charge in [0.1, 0.15) is 0 Å². The van der Waals surface area contributed by atoms with Crippen molar-refractivity contribution >= 4 is 0 Å². The fraction of sp³-hybridized carbons (Fsp3) is 0.647. The minimum atomic E-state index is -0.230. The van der Waals surface area contributed by atoms with E-state index >= 15 is 0 Å². The van der Waals surface area contributed by atoms with Gasteiger partial charge >= 0.3 is 0 Å². The topological polar surface area (TPSA) is 20.2 Å². The average Bonchev–Trinajstić information content (AvgIpc) is 2.28. The highest BCUT2D eigenvalue weighted by Gasteiger charge is 2.22. The van der Waals surface area contributed by atoms with Gasteiger partial charge in [-0.15, -0.1) is 0 Å². The van der Waals surface area contributed by atoms with Crippen LogP contribution in [0.4, 0.5) is 0 Å². The van der Waals surface area contributed by atoms with Gasteiger partial charge in [0.25, 0.3) is 0 Å². The fourth-order valence-corrected chi connectivity index (χ4v) is 2.03. The Morgan fingerprint density at radius 2 is 1.56 bits per heavy atom. The normalized spacial score (nSPS) is 15.4. The van der Waals surface area contributed by atoms with E-state index in [0.717, 1.165) is 19.3 Å². The molecule has 2 atom stereocenters. The molecule has 1 rings (SSSR count). The molecule has 0 radical (unpaired) electrons. The second-order valence-electron chi connectivity index (χ2n) is 6.53. The summed E-state index contributed by atoms with van der Waals surface area (Å²) >= 11 is 0. The van der Waals surface area contributed by atoms with Crippen LogP contribution in [0.25, 0.3) is 0 Å². The molecule has 102 valence electrons. The molecule has 1 heteroatoms. The van der Waals surface area contributed by atoms with E-state index in [4.69, 9.17) is 0 Å². The lowest BCUT2D eigenvalue weighted by Crippen LogP contribution is -2.24. The Hall–Kier alpha value is -0.820. The monoisotopic (exact) mass is 248 g/mol. The molecule has 0 aliphatic carbocycles. The van der Waals surface area contributed by atoms with Crippen molar-refractivity contribution in [3.8, 4) is 0 Å². The second kappa shape index (κ2) is 6.38. The van der Waals surface area contributed by atoms with Crippen molar-refractivity contribution in [1.82, 2.24) is 0 Å². The molecule has 0 bridgehead atoms. The number of hydrogen-bond donors (Lipinski definition) is 1. The first-order valence-electron chi connectivity index (χ1n) is 7.08. The van der Waals surface area contributed by atoms with Crippen LogP contribution >= 0.6 is 0 Å². The van der Waals surface area contributed by atoms with E-state index in [0.29, 0.717) is 5.92 Å². The second-order valence-corrected chi connectivity index (χ2v) is 6.53. The number of aliphatic hydroxyl groups is 1. The summed E-state index contributed by atoms with van der Waals surface area (Å²) in [6.07, 6.45) is 2.49. The minimum absolute atomic E-state index is 0.230. The quantitative estimate of drug-likeness (QED) is 0.827. The zero-order valence-corrected chi connectivity index (χ0v) is 12.5. The summed E-state index contributed by atoms with van der Waals surface area (Å²) in [6.45, 7) is 11.1. The maximum atomic E-state index is 10.2. The minimum Gasteiger partial charge on any atom is -0.393 e. The van der Waals surface area contributed by atoms with Crippen LogP contribution in [0.2, 0.25) is 0 Å². The van der Waals surface area contributed by atoms with Crippen LogP contribution in [0.15, 0.2) is 24.3 Å². The summed E-state index contributed by atoms with van der Waals surface area (Å²) in [6, 6.07) is 8.61.